The molecule has 0 aliphatic carbocycles. The molecule has 2 rings (SSSR count). The number of para-hydroxylation sites is 1. The normalized spacial score (nSPS) is 17.1. The van der Waals surface area contributed by atoms with Gasteiger partial charge in [-0.15, -0.1) is 0 Å². The minimum atomic E-state index is -0.434. The molecule has 0 saturated heterocycles. The zero-order valence-electron chi connectivity index (χ0n) is 10.9. The Kier molecular flexibility index (Phi) is 4.99. The first kappa shape index (κ1) is 13.3. The maximum absolute atomic E-state index is 9.96. The Balaban J connectivity index is 2.03. The third-order valence-corrected chi connectivity index (χ3v) is 3.15. The van der Waals surface area contributed by atoms with Crippen LogP contribution in [0.4, 0.5) is 5.69 Å². The predicted molar refractivity (Wildman–Crippen MR) is 72.9 cm³/mol. The fraction of sp³-hybridized carbons (Fsp3) is 0.571. The van der Waals surface area contributed by atoms with Gasteiger partial charge in [0.25, 0.3) is 0 Å². The highest BCUT2D eigenvalue weighted by molar-refractivity contribution is 5.54. The third kappa shape index (κ3) is 3.45. The predicted octanol–water partition coefficient (Wildman–Crippen LogP) is 0.994. The molecule has 1 aliphatic rings. The molecular weight excluding hydrogens is 228 g/mol. The van der Waals surface area contributed by atoms with Gasteiger partial charge in [-0.1, -0.05) is 18.2 Å². The average molecular weight is 250 g/mol. The van der Waals surface area contributed by atoms with E-state index in [0.717, 1.165) is 19.6 Å². The highest BCUT2D eigenvalue weighted by atomic mass is 16.5. The van der Waals surface area contributed by atoms with E-state index in [1.807, 2.05) is 13.0 Å². The highest BCUT2D eigenvalue weighted by Gasteiger charge is 2.17. The van der Waals surface area contributed by atoms with Crippen molar-refractivity contribution in [3.8, 4) is 0 Å². The third-order valence-electron chi connectivity index (χ3n) is 3.15. The Hall–Kier alpha value is -1.10. The molecule has 0 saturated carbocycles. The SMILES string of the molecule is CCOCC(O)CN1CCNCc2ccccc21. The molecule has 0 radical (unpaired) electrons. The van der Waals surface area contributed by atoms with E-state index in [0.29, 0.717) is 19.8 Å². The molecular formula is C14H22N2O2. The van der Waals surface area contributed by atoms with Gasteiger partial charge in [0.15, 0.2) is 0 Å². The molecule has 18 heavy (non-hydrogen) atoms. The summed E-state index contributed by atoms with van der Waals surface area (Å²) < 4.78 is 5.26. The number of rotatable bonds is 5. The number of nitrogens with one attached hydrogen (secondary N) is 1. The Labute approximate surface area is 109 Å². The van der Waals surface area contributed by atoms with Crippen LogP contribution in [0.3, 0.4) is 0 Å². The minimum Gasteiger partial charge on any atom is -0.389 e. The smallest absolute Gasteiger partial charge is 0.0948 e. The largest absolute Gasteiger partial charge is 0.389 e. The first-order valence-corrected chi connectivity index (χ1v) is 6.60. The van der Waals surface area contributed by atoms with Crippen LogP contribution in [-0.4, -0.2) is 44.1 Å². The van der Waals surface area contributed by atoms with Crippen LogP contribution in [-0.2, 0) is 11.3 Å². The number of benzene rings is 1. The summed E-state index contributed by atoms with van der Waals surface area (Å²) >= 11 is 0. The van der Waals surface area contributed by atoms with Crippen molar-refractivity contribution in [2.24, 2.45) is 0 Å². The van der Waals surface area contributed by atoms with E-state index < -0.39 is 6.10 Å². The summed E-state index contributed by atoms with van der Waals surface area (Å²) in [5.41, 5.74) is 2.51. The Morgan fingerprint density at radius 1 is 1.44 bits per heavy atom. The van der Waals surface area contributed by atoms with Gasteiger partial charge in [0, 0.05) is 38.5 Å². The number of aliphatic hydroxyl groups excluding tert-OH is 1. The number of hydrogen-bond donors (Lipinski definition) is 2. The summed E-state index contributed by atoms with van der Waals surface area (Å²) in [5, 5.41) is 13.4. The number of nitrogens with zero attached hydrogens (tertiary/aromatic N) is 1. The van der Waals surface area contributed by atoms with E-state index in [2.05, 4.69) is 28.4 Å². The number of hydrogen-bond acceptors (Lipinski definition) is 4. The quantitative estimate of drug-likeness (QED) is 0.818. The molecule has 0 bridgehead atoms. The lowest BCUT2D eigenvalue weighted by Crippen LogP contribution is -2.37. The first-order valence-electron chi connectivity index (χ1n) is 6.60. The maximum Gasteiger partial charge on any atom is 0.0948 e. The summed E-state index contributed by atoms with van der Waals surface area (Å²) in [6.45, 7) is 6.37. The Morgan fingerprint density at radius 3 is 3.11 bits per heavy atom. The fourth-order valence-corrected chi connectivity index (χ4v) is 2.28. The summed E-state index contributed by atoms with van der Waals surface area (Å²) in [4.78, 5) is 2.24. The van der Waals surface area contributed by atoms with Gasteiger partial charge in [-0.05, 0) is 18.6 Å². The van der Waals surface area contributed by atoms with E-state index in [1.165, 1.54) is 11.3 Å². The van der Waals surface area contributed by atoms with Crippen molar-refractivity contribution in [1.82, 2.24) is 5.32 Å². The average Bonchev–Trinajstić information content (AvgIpc) is 2.59. The molecule has 1 atom stereocenters. The molecule has 0 aromatic heterocycles. The van der Waals surface area contributed by atoms with E-state index in [9.17, 15) is 5.11 Å². The van der Waals surface area contributed by atoms with Crippen molar-refractivity contribution in [2.45, 2.75) is 19.6 Å². The van der Waals surface area contributed by atoms with Crippen LogP contribution in [0.2, 0.25) is 0 Å². The molecule has 1 aliphatic heterocycles. The summed E-state index contributed by atoms with van der Waals surface area (Å²) in [7, 11) is 0. The fourth-order valence-electron chi connectivity index (χ4n) is 2.28. The minimum absolute atomic E-state index is 0.405. The summed E-state index contributed by atoms with van der Waals surface area (Å²) in [5.74, 6) is 0. The van der Waals surface area contributed by atoms with Crippen molar-refractivity contribution in [3.05, 3.63) is 29.8 Å². The molecule has 4 nitrogen and oxygen atoms in total. The van der Waals surface area contributed by atoms with Crippen LogP contribution in [0.5, 0.6) is 0 Å². The van der Waals surface area contributed by atoms with Gasteiger partial charge in [-0.25, -0.2) is 0 Å². The number of aliphatic hydroxyl groups is 1. The molecule has 2 N–H and O–H groups in total. The molecule has 0 spiro atoms. The molecule has 0 amide bonds. The number of ether oxygens (including phenoxy) is 1. The van der Waals surface area contributed by atoms with Crippen LogP contribution in [0, 0.1) is 0 Å². The van der Waals surface area contributed by atoms with Gasteiger partial charge in [0.05, 0.1) is 12.7 Å². The first-order chi connectivity index (χ1) is 8.81. The van der Waals surface area contributed by atoms with Gasteiger partial charge >= 0.3 is 0 Å². The van der Waals surface area contributed by atoms with Crippen LogP contribution < -0.4 is 10.2 Å². The van der Waals surface area contributed by atoms with Gasteiger partial charge in [-0.3, -0.25) is 0 Å². The van der Waals surface area contributed by atoms with Crippen molar-refractivity contribution in [3.63, 3.8) is 0 Å². The lowest BCUT2D eigenvalue weighted by Gasteiger charge is -2.27. The van der Waals surface area contributed by atoms with Crippen molar-refractivity contribution >= 4 is 5.69 Å². The second-order valence-corrected chi connectivity index (χ2v) is 4.56. The zero-order valence-corrected chi connectivity index (χ0v) is 10.9. The summed E-state index contributed by atoms with van der Waals surface area (Å²) in [6, 6.07) is 8.36. The molecule has 1 heterocycles. The van der Waals surface area contributed by atoms with E-state index >= 15 is 0 Å². The van der Waals surface area contributed by atoms with Gasteiger partial charge in [0.2, 0.25) is 0 Å². The van der Waals surface area contributed by atoms with Gasteiger partial charge in [-0.2, -0.15) is 0 Å². The van der Waals surface area contributed by atoms with Crippen LogP contribution in [0.15, 0.2) is 24.3 Å². The van der Waals surface area contributed by atoms with Crippen LogP contribution >= 0.6 is 0 Å². The van der Waals surface area contributed by atoms with E-state index in [1.54, 1.807) is 0 Å². The number of anilines is 1. The second kappa shape index (κ2) is 6.73. The lowest BCUT2D eigenvalue weighted by atomic mass is 10.1. The highest BCUT2D eigenvalue weighted by Crippen LogP contribution is 2.22. The molecule has 0 fully saturated rings. The van der Waals surface area contributed by atoms with Crippen LogP contribution in [0.1, 0.15) is 12.5 Å². The molecule has 1 aromatic rings. The molecule has 4 heteroatoms. The Bertz CT molecular complexity index is 371. The van der Waals surface area contributed by atoms with Crippen molar-refractivity contribution < 1.29 is 9.84 Å². The van der Waals surface area contributed by atoms with Gasteiger partial charge in [0.1, 0.15) is 0 Å². The monoisotopic (exact) mass is 250 g/mol. The number of β-amino-alcohol motifs (C(OH)–C–C–N with tert-alkyl or cyclic N) is 1. The number of fused-ring (bicyclic) bond motifs is 1. The standard InChI is InChI=1S/C14H22N2O2/c1-2-18-11-13(17)10-16-8-7-15-9-12-5-3-4-6-14(12)16/h3-6,13,15,17H,2,7-11H2,1H3. The molecule has 1 unspecified atom stereocenters. The topological polar surface area (TPSA) is 44.7 Å². The maximum atomic E-state index is 9.96. The summed E-state index contributed by atoms with van der Waals surface area (Å²) in [6.07, 6.45) is -0.434. The van der Waals surface area contributed by atoms with Crippen molar-refractivity contribution in [2.75, 3.05) is 37.7 Å². The van der Waals surface area contributed by atoms with E-state index in [-0.39, 0.29) is 0 Å². The Morgan fingerprint density at radius 2 is 2.28 bits per heavy atom. The van der Waals surface area contributed by atoms with Crippen LogP contribution in [0.25, 0.3) is 0 Å². The second-order valence-electron chi connectivity index (χ2n) is 4.56. The van der Waals surface area contributed by atoms with Gasteiger partial charge < -0.3 is 20.1 Å². The lowest BCUT2D eigenvalue weighted by molar-refractivity contribution is 0.0464. The van der Waals surface area contributed by atoms with Crippen molar-refractivity contribution in [1.29, 1.82) is 0 Å². The zero-order chi connectivity index (χ0) is 12.8. The van der Waals surface area contributed by atoms with E-state index in [4.69, 9.17) is 4.74 Å². The molecule has 1 aromatic carbocycles. The molecule has 100 valence electrons.